The van der Waals surface area contributed by atoms with Gasteiger partial charge in [0, 0.05) is 12.1 Å². The fourth-order valence-electron chi connectivity index (χ4n) is 3.48. The Kier molecular flexibility index (Phi) is 14.2. The lowest BCUT2D eigenvalue weighted by Crippen LogP contribution is -2.56. The zero-order valence-corrected chi connectivity index (χ0v) is 20.9. The number of carbonyl (C=O) groups excluding carboxylic acids is 4. The molecule has 0 spiro atoms. The third-order valence-electron chi connectivity index (χ3n) is 5.42. The van der Waals surface area contributed by atoms with Crippen LogP contribution in [0.4, 0.5) is 0 Å². The predicted molar refractivity (Wildman–Crippen MR) is 138 cm³/mol. The summed E-state index contributed by atoms with van der Waals surface area (Å²) in [6, 6.07) is 5.74. The molecular formula is C24H40N8O4. The van der Waals surface area contributed by atoms with E-state index < -0.39 is 41.8 Å². The number of unbranched alkanes of at least 4 members (excludes halogenated alkanes) is 1. The molecule has 200 valence electrons. The van der Waals surface area contributed by atoms with Crippen molar-refractivity contribution in [3.05, 3.63) is 35.9 Å². The molecule has 0 unspecified atom stereocenters. The molecule has 12 heteroatoms. The minimum absolute atomic E-state index is 0.0722. The number of nitrogens with zero attached hydrogens (tertiary/aromatic N) is 1. The third kappa shape index (κ3) is 11.6. The van der Waals surface area contributed by atoms with Crippen LogP contribution in [-0.4, -0.2) is 60.8 Å². The molecule has 0 bridgehead atoms. The molecule has 3 atom stereocenters. The summed E-state index contributed by atoms with van der Waals surface area (Å²) in [5.74, 6) is -2.21. The molecule has 0 aliphatic heterocycles. The zero-order valence-electron chi connectivity index (χ0n) is 20.9. The fraction of sp³-hybridized carbons (Fsp3) is 0.542. The standard InChI is InChI=1S/C24H40N8O4/c1-2-9-17(20(26)33)30-22(35)18(12-6-7-14-25)32-23(36)19(13-8-15-29-24(27)28)31-21(34)16-10-4-3-5-11-16/h3-5,10-11,17-19H,2,6-9,12-15,25H2,1H3,(H2,26,33)(H,30,35)(H,31,34)(H,32,36)(H4,27,28,29)/t17-,18-,19-/m0/s1. The van der Waals surface area contributed by atoms with Crippen LogP contribution in [0.2, 0.25) is 0 Å². The fourth-order valence-corrected chi connectivity index (χ4v) is 3.48. The highest BCUT2D eigenvalue weighted by Gasteiger charge is 2.28. The molecule has 11 N–H and O–H groups in total. The number of benzene rings is 1. The minimum atomic E-state index is -0.945. The number of amides is 4. The van der Waals surface area contributed by atoms with Crippen LogP contribution in [0, 0.1) is 0 Å². The van der Waals surface area contributed by atoms with Crippen molar-refractivity contribution < 1.29 is 19.2 Å². The molecule has 0 aliphatic carbocycles. The monoisotopic (exact) mass is 504 g/mol. The van der Waals surface area contributed by atoms with Gasteiger partial charge in [0.05, 0.1) is 0 Å². The maximum atomic E-state index is 13.2. The van der Waals surface area contributed by atoms with Gasteiger partial charge in [-0.3, -0.25) is 24.2 Å². The molecule has 0 fully saturated rings. The lowest BCUT2D eigenvalue weighted by Gasteiger charge is -2.25. The van der Waals surface area contributed by atoms with Crippen molar-refractivity contribution in [1.82, 2.24) is 16.0 Å². The Balaban J connectivity index is 3.01. The molecule has 0 saturated heterocycles. The molecule has 1 aromatic rings. The van der Waals surface area contributed by atoms with Crippen molar-refractivity contribution in [3.8, 4) is 0 Å². The molecule has 0 aliphatic rings. The second-order valence-electron chi connectivity index (χ2n) is 8.44. The van der Waals surface area contributed by atoms with Gasteiger partial charge in [0.2, 0.25) is 17.7 Å². The molecule has 0 heterocycles. The molecule has 1 aromatic carbocycles. The van der Waals surface area contributed by atoms with Crippen LogP contribution in [0.15, 0.2) is 35.3 Å². The summed E-state index contributed by atoms with van der Waals surface area (Å²) in [6.07, 6.45) is 3.20. The van der Waals surface area contributed by atoms with Crippen molar-refractivity contribution in [1.29, 1.82) is 0 Å². The van der Waals surface area contributed by atoms with Gasteiger partial charge in [-0.15, -0.1) is 0 Å². The summed E-state index contributed by atoms with van der Waals surface area (Å²) in [7, 11) is 0. The number of primary amides is 1. The lowest BCUT2D eigenvalue weighted by atomic mass is 10.0. The molecule has 1 rings (SSSR count). The van der Waals surface area contributed by atoms with Crippen LogP contribution >= 0.6 is 0 Å². The van der Waals surface area contributed by atoms with Crippen LogP contribution in [0.25, 0.3) is 0 Å². The van der Waals surface area contributed by atoms with E-state index in [1.165, 1.54) is 0 Å². The van der Waals surface area contributed by atoms with Crippen LogP contribution < -0.4 is 38.9 Å². The van der Waals surface area contributed by atoms with Gasteiger partial charge in [0.15, 0.2) is 5.96 Å². The van der Waals surface area contributed by atoms with Gasteiger partial charge in [-0.05, 0) is 57.2 Å². The van der Waals surface area contributed by atoms with E-state index in [-0.39, 0.29) is 18.9 Å². The zero-order chi connectivity index (χ0) is 26.9. The van der Waals surface area contributed by atoms with Gasteiger partial charge in [0.25, 0.3) is 5.91 Å². The Hall–Kier alpha value is -3.67. The van der Waals surface area contributed by atoms with E-state index in [2.05, 4.69) is 20.9 Å². The molecule has 0 aromatic heterocycles. The van der Waals surface area contributed by atoms with Crippen molar-refractivity contribution >= 4 is 29.6 Å². The first-order valence-electron chi connectivity index (χ1n) is 12.2. The molecular weight excluding hydrogens is 464 g/mol. The van der Waals surface area contributed by atoms with Gasteiger partial charge in [-0.25, -0.2) is 0 Å². The second kappa shape index (κ2) is 16.9. The number of carbonyl (C=O) groups is 4. The van der Waals surface area contributed by atoms with Crippen LogP contribution in [0.5, 0.6) is 0 Å². The first kappa shape index (κ1) is 30.4. The maximum absolute atomic E-state index is 13.2. The average Bonchev–Trinajstić information content (AvgIpc) is 2.85. The summed E-state index contributed by atoms with van der Waals surface area (Å²) in [5.41, 5.74) is 22.1. The van der Waals surface area contributed by atoms with Crippen LogP contribution in [-0.2, 0) is 14.4 Å². The Bertz CT molecular complexity index is 874. The minimum Gasteiger partial charge on any atom is -0.370 e. The van der Waals surface area contributed by atoms with Crippen LogP contribution in [0.1, 0.15) is 62.2 Å². The Morgan fingerprint density at radius 1 is 0.806 bits per heavy atom. The van der Waals surface area contributed by atoms with E-state index in [0.717, 1.165) is 0 Å². The van der Waals surface area contributed by atoms with Crippen molar-refractivity contribution in [2.24, 2.45) is 27.9 Å². The number of guanidine groups is 1. The van der Waals surface area contributed by atoms with E-state index in [0.29, 0.717) is 50.6 Å². The smallest absolute Gasteiger partial charge is 0.251 e. The van der Waals surface area contributed by atoms with Gasteiger partial charge < -0.3 is 38.9 Å². The van der Waals surface area contributed by atoms with Crippen molar-refractivity contribution in [2.45, 2.75) is 70.0 Å². The number of rotatable bonds is 17. The number of aliphatic imine (C=N–C) groups is 1. The Labute approximate surface area is 212 Å². The van der Waals surface area contributed by atoms with Gasteiger partial charge in [0.1, 0.15) is 18.1 Å². The van der Waals surface area contributed by atoms with E-state index in [1.807, 2.05) is 6.92 Å². The highest BCUT2D eigenvalue weighted by atomic mass is 16.2. The SMILES string of the molecule is CCC[C@H](NC(=O)[C@H](CCCCN)NC(=O)[C@H](CCCN=C(N)N)NC(=O)c1ccccc1)C(N)=O. The Morgan fingerprint density at radius 3 is 1.94 bits per heavy atom. The highest BCUT2D eigenvalue weighted by Crippen LogP contribution is 2.07. The highest BCUT2D eigenvalue weighted by molar-refractivity contribution is 5.98. The first-order chi connectivity index (χ1) is 17.2. The molecule has 36 heavy (non-hydrogen) atoms. The van der Waals surface area contributed by atoms with E-state index in [1.54, 1.807) is 30.3 Å². The number of hydrogen-bond donors (Lipinski definition) is 7. The van der Waals surface area contributed by atoms with E-state index in [4.69, 9.17) is 22.9 Å². The summed E-state index contributed by atoms with van der Waals surface area (Å²) < 4.78 is 0. The molecule has 4 amide bonds. The predicted octanol–water partition coefficient (Wildman–Crippen LogP) is -0.777. The number of nitrogens with two attached hydrogens (primary N) is 4. The van der Waals surface area contributed by atoms with E-state index in [9.17, 15) is 19.2 Å². The number of nitrogens with one attached hydrogen (secondary N) is 3. The Morgan fingerprint density at radius 2 is 1.39 bits per heavy atom. The third-order valence-corrected chi connectivity index (χ3v) is 5.42. The summed E-state index contributed by atoms with van der Waals surface area (Å²) in [5, 5.41) is 8.08. The van der Waals surface area contributed by atoms with E-state index >= 15 is 0 Å². The van der Waals surface area contributed by atoms with Crippen molar-refractivity contribution in [2.75, 3.05) is 13.1 Å². The summed E-state index contributed by atoms with van der Waals surface area (Å²) in [4.78, 5) is 54.5. The molecule has 0 saturated carbocycles. The van der Waals surface area contributed by atoms with Gasteiger partial charge >= 0.3 is 0 Å². The summed E-state index contributed by atoms with van der Waals surface area (Å²) in [6.45, 7) is 2.57. The van der Waals surface area contributed by atoms with Crippen molar-refractivity contribution in [3.63, 3.8) is 0 Å². The van der Waals surface area contributed by atoms with Gasteiger partial charge in [-0.2, -0.15) is 0 Å². The quantitative estimate of drug-likeness (QED) is 0.0813. The largest absolute Gasteiger partial charge is 0.370 e. The second-order valence-corrected chi connectivity index (χ2v) is 8.44. The normalized spacial score (nSPS) is 13.1. The lowest BCUT2D eigenvalue weighted by molar-refractivity contribution is -0.132. The number of hydrogen-bond acceptors (Lipinski definition) is 6. The van der Waals surface area contributed by atoms with Crippen LogP contribution in [0.3, 0.4) is 0 Å². The van der Waals surface area contributed by atoms with Gasteiger partial charge in [-0.1, -0.05) is 31.5 Å². The molecule has 12 nitrogen and oxygen atoms in total. The first-order valence-corrected chi connectivity index (χ1v) is 12.2. The average molecular weight is 505 g/mol. The maximum Gasteiger partial charge on any atom is 0.251 e. The topological polar surface area (TPSA) is 221 Å². The molecule has 0 radical (unpaired) electrons. The summed E-state index contributed by atoms with van der Waals surface area (Å²) >= 11 is 0.